The summed E-state index contributed by atoms with van der Waals surface area (Å²) in [5.74, 6) is -1.85. The van der Waals surface area contributed by atoms with E-state index in [1.165, 1.54) is 12.3 Å². The molecule has 1 aromatic heterocycles. The van der Waals surface area contributed by atoms with Crippen LogP contribution < -0.4 is 5.32 Å². The summed E-state index contributed by atoms with van der Waals surface area (Å²) < 4.78 is 1.12. The molecule has 1 aromatic rings. The predicted molar refractivity (Wildman–Crippen MR) is 63.4 cm³/mol. The molecule has 1 rings (SSSR count). The molecule has 0 aliphatic rings. The van der Waals surface area contributed by atoms with E-state index in [0.29, 0.717) is 0 Å². The molecule has 0 saturated carbocycles. The van der Waals surface area contributed by atoms with Gasteiger partial charge >= 0.3 is 11.8 Å². The van der Waals surface area contributed by atoms with Gasteiger partial charge in [0, 0.05) is 5.54 Å². The molecular formula is C10H14N4O5. The van der Waals surface area contributed by atoms with Crippen LogP contribution in [0.2, 0.25) is 0 Å². The minimum Gasteiger partial charge on any atom is -0.481 e. The van der Waals surface area contributed by atoms with E-state index in [1.54, 1.807) is 13.8 Å². The summed E-state index contributed by atoms with van der Waals surface area (Å²) in [4.78, 5) is 32.0. The zero-order valence-electron chi connectivity index (χ0n) is 10.5. The predicted octanol–water partition coefficient (Wildman–Crippen LogP) is 0.161. The highest BCUT2D eigenvalue weighted by molar-refractivity contribution is 5.77. The van der Waals surface area contributed by atoms with E-state index < -0.39 is 22.3 Å². The summed E-state index contributed by atoms with van der Waals surface area (Å²) >= 11 is 0. The van der Waals surface area contributed by atoms with Gasteiger partial charge in [-0.1, -0.05) is 0 Å². The molecule has 0 radical (unpaired) electrons. The van der Waals surface area contributed by atoms with E-state index in [0.717, 1.165) is 4.68 Å². The molecule has 9 nitrogen and oxygen atoms in total. The Labute approximate surface area is 108 Å². The highest BCUT2D eigenvalue weighted by atomic mass is 16.6. The first kappa shape index (κ1) is 14.6. The maximum Gasteiger partial charge on any atom is 0.389 e. The van der Waals surface area contributed by atoms with E-state index in [-0.39, 0.29) is 18.8 Å². The number of nitrogens with one attached hydrogen (secondary N) is 1. The van der Waals surface area contributed by atoms with Gasteiger partial charge in [-0.05, 0) is 18.8 Å². The van der Waals surface area contributed by atoms with E-state index in [4.69, 9.17) is 5.11 Å². The Balaban J connectivity index is 2.59. The van der Waals surface area contributed by atoms with Crippen molar-refractivity contribution in [3.8, 4) is 0 Å². The van der Waals surface area contributed by atoms with Crippen molar-refractivity contribution in [3.05, 3.63) is 22.4 Å². The fraction of sp³-hybridized carbons (Fsp3) is 0.500. The van der Waals surface area contributed by atoms with Crippen LogP contribution >= 0.6 is 0 Å². The maximum atomic E-state index is 11.7. The first-order valence-electron chi connectivity index (χ1n) is 5.40. The van der Waals surface area contributed by atoms with Crippen LogP contribution in [0, 0.1) is 10.1 Å². The van der Waals surface area contributed by atoms with Crippen molar-refractivity contribution >= 4 is 17.7 Å². The van der Waals surface area contributed by atoms with E-state index >= 15 is 0 Å². The largest absolute Gasteiger partial charge is 0.481 e. The number of hydrogen-bond acceptors (Lipinski definition) is 5. The number of nitrogens with zero attached hydrogens (tertiary/aromatic N) is 3. The van der Waals surface area contributed by atoms with Gasteiger partial charge in [0.1, 0.15) is 6.54 Å². The summed E-state index contributed by atoms with van der Waals surface area (Å²) in [6, 6.07) is 1.18. The number of carbonyl (C=O) groups excluding carboxylic acids is 1. The normalized spacial score (nSPS) is 11.1. The molecule has 0 aliphatic heterocycles. The van der Waals surface area contributed by atoms with E-state index in [2.05, 4.69) is 10.4 Å². The van der Waals surface area contributed by atoms with Gasteiger partial charge in [0.25, 0.3) is 0 Å². The lowest BCUT2D eigenvalue weighted by atomic mass is 10.0. The highest BCUT2D eigenvalue weighted by Gasteiger charge is 2.24. The van der Waals surface area contributed by atoms with Crippen molar-refractivity contribution < 1.29 is 19.6 Å². The third-order valence-electron chi connectivity index (χ3n) is 2.19. The van der Waals surface area contributed by atoms with Crippen LogP contribution in [0.15, 0.2) is 12.3 Å². The third kappa shape index (κ3) is 4.74. The second kappa shape index (κ2) is 5.46. The second-order valence-corrected chi connectivity index (χ2v) is 4.63. The molecule has 0 fully saturated rings. The Bertz CT molecular complexity index is 508. The molecule has 1 heterocycles. The quantitative estimate of drug-likeness (QED) is 0.560. The summed E-state index contributed by atoms with van der Waals surface area (Å²) in [7, 11) is 0. The van der Waals surface area contributed by atoms with Crippen LogP contribution in [0.3, 0.4) is 0 Å². The number of rotatable bonds is 6. The first-order valence-corrected chi connectivity index (χ1v) is 5.40. The van der Waals surface area contributed by atoms with Gasteiger partial charge in [0.05, 0.1) is 23.8 Å². The van der Waals surface area contributed by atoms with Gasteiger partial charge in [0.15, 0.2) is 0 Å². The van der Waals surface area contributed by atoms with E-state index in [1.807, 2.05) is 0 Å². The smallest absolute Gasteiger partial charge is 0.389 e. The number of aromatic nitrogens is 2. The SMILES string of the molecule is CC(C)(CC(=O)O)NC(=O)Cn1ccc([N+](=O)[O-])n1. The summed E-state index contributed by atoms with van der Waals surface area (Å²) in [5, 5.41) is 25.2. The van der Waals surface area contributed by atoms with Gasteiger partial charge in [-0.3, -0.25) is 9.59 Å². The third-order valence-corrected chi connectivity index (χ3v) is 2.19. The zero-order chi connectivity index (χ0) is 14.6. The fourth-order valence-corrected chi connectivity index (χ4v) is 1.52. The van der Waals surface area contributed by atoms with Crippen LogP contribution in [0.25, 0.3) is 0 Å². The number of carboxylic acid groups (broad SMARTS) is 1. The van der Waals surface area contributed by atoms with Crippen LogP contribution in [0.1, 0.15) is 20.3 Å². The Morgan fingerprint density at radius 3 is 2.68 bits per heavy atom. The molecule has 0 atom stereocenters. The van der Waals surface area contributed by atoms with Crippen molar-refractivity contribution in [1.29, 1.82) is 0 Å². The average Bonchev–Trinajstić information content (AvgIpc) is 2.62. The minimum atomic E-state index is -1.03. The molecule has 104 valence electrons. The topological polar surface area (TPSA) is 127 Å². The second-order valence-electron chi connectivity index (χ2n) is 4.63. The lowest BCUT2D eigenvalue weighted by molar-refractivity contribution is -0.389. The Hall–Kier alpha value is -2.45. The van der Waals surface area contributed by atoms with Crippen molar-refractivity contribution in [2.45, 2.75) is 32.4 Å². The van der Waals surface area contributed by atoms with E-state index in [9.17, 15) is 19.7 Å². The number of hydrogen-bond donors (Lipinski definition) is 2. The summed E-state index contributed by atoms with van der Waals surface area (Å²) in [5.41, 5.74) is -0.901. The van der Waals surface area contributed by atoms with Crippen molar-refractivity contribution in [2.24, 2.45) is 0 Å². The maximum absolute atomic E-state index is 11.7. The molecule has 0 saturated heterocycles. The standard InChI is InChI=1S/C10H14N4O5/c1-10(2,5-9(16)17)11-8(15)6-13-4-3-7(12-13)14(18)19/h3-4H,5-6H2,1-2H3,(H,11,15)(H,16,17). The van der Waals surface area contributed by atoms with Gasteiger partial charge in [-0.15, -0.1) is 0 Å². The molecule has 0 bridgehead atoms. The monoisotopic (exact) mass is 270 g/mol. The molecule has 9 heteroatoms. The van der Waals surface area contributed by atoms with Crippen LogP contribution in [-0.4, -0.2) is 37.2 Å². The number of nitro groups is 1. The number of aliphatic carboxylic acids is 1. The van der Waals surface area contributed by atoms with Gasteiger partial charge in [0.2, 0.25) is 5.91 Å². The molecule has 0 unspecified atom stereocenters. The molecular weight excluding hydrogens is 256 g/mol. The van der Waals surface area contributed by atoms with Gasteiger partial charge < -0.3 is 20.5 Å². The lowest BCUT2D eigenvalue weighted by Crippen LogP contribution is -2.46. The fourth-order valence-electron chi connectivity index (χ4n) is 1.52. The highest BCUT2D eigenvalue weighted by Crippen LogP contribution is 2.09. The Morgan fingerprint density at radius 2 is 2.21 bits per heavy atom. The minimum absolute atomic E-state index is 0.211. The van der Waals surface area contributed by atoms with Crippen LogP contribution in [0.4, 0.5) is 5.82 Å². The van der Waals surface area contributed by atoms with Crippen molar-refractivity contribution in [1.82, 2.24) is 15.1 Å². The molecule has 0 spiro atoms. The molecule has 0 aromatic carbocycles. The van der Waals surface area contributed by atoms with Gasteiger partial charge in [-0.2, -0.15) is 4.68 Å². The number of carboxylic acids is 1. The van der Waals surface area contributed by atoms with Gasteiger partial charge in [-0.25, -0.2) is 0 Å². The number of carbonyl (C=O) groups is 2. The number of amides is 1. The summed E-state index contributed by atoms with van der Waals surface area (Å²) in [6.45, 7) is 2.94. The van der Waals surface area contributed by atoms with Crippen LogP contribution in [0.5, 0.6) is 0 Å². The molecule has 19 heavy (non-hydrogen) atoms. The average molecular weight is 270 g/mol. The van der Waals surface area contributed by atoms with Crippen molar-refractivity contribution in [2.75, 3.05) is 0 Å². The van der Waals surface area contributed by atoms with Crippen molar-refractivity contribution in [3.63, 3.8) is 0 Å². The summed E-state index contributed by atoms with van der Waals surface area (Å²) in [6.07, 6.45) is 1.08. The molecule has 0 aliphatic carbocycles. The Kier molecular flexibility index (Phi) is 4.20. The molecule has 1 amide bonds. The molecule has 2 N–H and O–H groups in total. The van der Waals surface area contributed by atoms with Crippen LogP contribution in [-0.2, 0) is 16.1 Å². The zero-order valence-corrected chi connectivity index (χ0v) is 10.5. The Morgan fingerprint density at radius 1 is 1.58 bits per heavy atom. The lowest BCUT2D eigenvalue weighted by Gasteiger charge is -2.23. The first-order chi connectivity index (χ1) is 8.69.